The van der Waals surface area contributed by atoms with Crippen LogP contribution in [0.4, 0.5) is 0 Å². The van der Waals surface area contributed by atoms with Crippen LogP contribution in [0, 0.1) is 13.8 Å². The Kier molecular flexibility index (Phi) is 3.28. The second-order valence-electron chi connectivity index (χ2n) is 5.15. The Hall–Kier alpha value is -2.14. The van der Waals surface area contributed by atoms with Crippen molar-refractivity contribution in [2.24, 2.45) is 0 Å². The standard InChI is InChI=1S/C15H18N4O/c1-11-14(12(2)20-17-11)10-18(3)9-13-8-16-15-6-4-5-7-19(13)15/h4-8H,9-10H2,1-3H3. The first kappa shape index (κ1) is 12.9. The first-order valence-electron chi connectivity index (χ1n) is 6.66. The predicted molar refractivity (Wildman–Crippen MR) is 76.3 cm³/mol. The molecule has 0 bridgehead atoms. The summed E-state index contributed by atoms with van der Waals surface area (Å²) in [6, 6.07) is 6.03. The number of aromatic nitrogens is 3. The van der Waals surface area contributed by atoms with Crippen LogP contribution in [0.25, 0.3) is 5.65 Å². The van der Waals surface area contributed by atoms with Gasteiger partial charge in [0.1, 0.15) is 11.4 Å². The van der Waals surface area contributed by atoms with E-state index < -0.39 is 0 Å². The summed E-state index contributed by atoms with van der Waals surface area (Å²) in [5.74, 6) is 0.896. The van der Waals surface area contributed by atoms with Crippen molar-refractivity contribution in [3.8, 4) is 0 Å². The molecule has 5 nitrogen and oxygen atoms in total. The van der Waals surface area contributed by atoms with E-state index in [4.69, 9.17) is 4.52 Å². The molecule has 104 valence electrons. The van der Waals surface area contributed by atoms with Crippen molar-refractivity contribution in [1.29, 1.82) is 0 Å². The number of hydrogen-bond acceptors (Lipinski definition) is 4. The molecule has 0 saturated carbocycles. The van der Waals surface area contributed by atoms with Gasteiger partial charge in [0.25, 0.3) is 0 Å². The van der Waals surface area contributed by atoms with E-state index in [1.54, 1.807) is 0 Å². The molecule has 0 aliphatic heterocycles. The molecule has 3 rings (SSSR count). The SMILES string of the molecule is Cc1noc(C)c1CN(C)Cc1cnc2ccccn12. The molecule has 3 aromatic rings. The van der Waals surface area contributed by atoms with E-state index in [-0.39, 0.29) is 0 Å². The summed E-state index contributed by atoms with van der Waals surface area (Å²) in [5.41, 5.74) is 4.29. The molecule has 20 heavy (non-hydrogen) atoms. The van der Waals surface area contributed by atoms with Crippen molar-refractivity contribution in [2.75, 3.05) is 7.05 Å². The summed E-state index contributed by atoms with van der Waals surface area (Å²) in [4.78, 5) is 6.65. The number of rotatable bonds is 4. The van der Waals surface area contributed by atoms with Gasteiger partial charge in [-0.1, -0.05) is 11.2 Å². The summed E-state index contributed by atoms with van der Waals surface area (Å²) >= 11 is 0. The number of pyridine rings is 1. The largest absolute Gasteiger partial charge is 0.361 e. The zero-order chi connectivity index (χ0) is 14.1. The molecule has 0 aromatic carbocycles. The lowest BCUT2D eigenvalue weighted by molar-refractivity contribution is 0.310. The van der Waals surface area contributed by atoms with Crippen molar-refractivity contribution < 1.29 is 4.52 Å². The lowest BCUT2D eigenvalue weighted by Gasteiger charge is -2.16. The van der Waals surface area contributed by atoms with E-state index in [9.17, 15) is 0 Å². The second-order valence-corrected chi connectivity index (χ2v) is 5.15. The highest BCUT2D eigenvalue weighted by atomic mass is 16.5. The maximum absolute atomic E-state index is 5.21. The van der Waals surface area contributed by atoms with Crippen molar-refractivity contribution in [3.63, 3.8) is 0 Å². The molecule has 3 aromatic heterocycles. The smallest absolute Gasteiger partial charge is 0.138 e. The fourth-order valence-corrected chi connectivity index (χ4v) is 2.43. The minimum absolute atomic E-state index is 0.821. The van der Waals surface area contributed by atoms with Crippen LogP contribution >= 0.6 is 0 Å². The number of fused-ring (bicyclic) bond motifs is 1. The molecule has 3 heterocycles. The third kappa shape index (κ3) is 2.32. The summed E-state index contributed by atoms with van der Waals surface area (Å²) < 4.78 is 7.32. The topological polar surface area (TPSA) is 46.6 Å². The third-order valence-electron chi connectivity index (χ3n) is 3.53. The monoisotopic (exact) mass is 270 g/mol. The number of imidazole rings is 1. The quantitative estimate of drug-likeness (QED) is 0.731. The van der Waals surface area contributed by atoms with Crippen LogP contribution in [-0.2, 0) is 13.1 Å². The molecule has 0 aliphatic rings. The van der Waals surface area contributed by atoms with Gasteiger partial charge in [-0.05, 0) is 33.0 Å². The van der Waals surface area contributed by atoms with Gasteiger partial charge in [-0.2, -0.15) is 0 Å². The number of nitrogens with zero attached hydrogens (tertiary/aromatic N) is 4. The maximum Gasteiger partial charge on any atom is 0.138 e. The second kappa shape index (κ2) is 5.09. The lowest BCUT2D eigenvalue weighted by Crippen LogP contribution is -2.19. The highest BCUT2D eigenvalue weighted by molar-refractivity contribution is 5.39. The van der Waals surface area contributed by atoms with Gasteiger partial charge in [0.15, 0.2) is 0 Å². The molecule has 0 radical (unpaired) electrons. The molecule has 0 amide bonds. The minimum Gasteiger partial charge on any atom is -0.361 e. The molecule has 0 saturated heterocycles. The zero-order valence-corrected chi connectivity index (χ0v) is 12.0. The zero-order valence-electron chi connectivity index (χ0n) is 12.0. The van der Waals surface area contributed by atoms with Crippen molar-refractivity contribution in [1.82, 2.24) is 19.4 Å². The fraction of sp³-hybridized carbons (Fsp3) is 0.333. The van der Waals surface area contributed by atoms with Gasteiger partial charge in [0.2, 0.25) is 0 Å². The first-order chi connectivity index (χ1) is 9.65. The maximum atomic E-state index is 5.21. The van der Waals surface area contributed by atoms with E-state index in [0.29, 0.717) is 0 Å². The molecular weight excluding hydrogens is 252 g/mol. The number of hydrogen-bond donors (Lipinski definition) is 0. The summed E-state index contributed by atoms with van der Waals surface area (Å²) in [6.07, 6.45) is 3.97. The molecule has 5 heteroatoms. The van der Waals surface area contributed by atoms with Crippen LogP contribution < -0.4 is 0 Å². The molecule has 0 aliphatic carbocycles. The Bertz CT molecular complexity index is 709. The van der Waals surface area contributed by atoms with Gasteiger partial charge < -0.3 is 8.92 Å². The third-order valence-corrected chi connectivity index (χ3v) is 3.53. The van der Waals surface area contributed by atoms with Crippen molar-refractivity contribution in [2.45, 2.75) is 26.9 Å². The summed E-state index contributed by atoms with van der Waals surface area (Å²) in [6.45, 7) is 5.59. The van der Waals surface area contributed by atoms with E-state index in [2.05, 4.69) is 26.5 Å². The first-order valence-corrected chi connectivity index (χ1v) is 6.66. The van der Waals surface area contributed by atoms with Gasteiger partial charge in [0, 0.05) is 24.8 Å². The van der Waals surface area contributed by atoms with Crippen LogP contribution in [0.1, 0.15) is 22.7 Å². The molecule has 0 N–H and O–H groups in total. The van der Waals surface area contributed by atoms with Gasteiger partial charge in [-0.3, -0.25) is 4.90 Å². The van der Waals surface area contributed by atoms with E-state index in [1.807, 2.05) is 44.4 Å². The van der Waals surface area contributed by atoms with Gasteiger partial charge >= 0.3 is 0 Å². The van der Waals surface area contributed by atoms with Crippen molar-refractivity contribution in [3.05, 3.63) is 53.3 Å². The van der Waals surface area contributed by atoms with Crippen LogP contribution in [0.2, 0.25) is 0 Å². The highest BCUT2D eigenvalue weighted by Crippen LogP contribution is 2.16. The van der Waals surface area contributed by atoms with E-state index in [0.717, 1.165) is 30.2 Å². The molecule has 0 atom stereocenters. The normalized spacial score (nSPS) is 11.6. The Morgan fingerprint density at radius 1 is 1.25 bits per heavy atom. The Morgan fingerprint density at radius 2 is 2.10 bits per heavy atom. The molecule has 0 fully saturated rings. The Balaban J connectivity index is 1.78. The Morgan fingerprint density at radius 3 is 2.85 bits per heavy atom. The average molecular weight is 270 g/mol. The van der Waals surface area contributed by atoms with Gasteiger partial charge in [-0.15, -0.1) is 0 Å². The van der Waals surface area contributed by atoms with Gasteiger partial charge in [-0.25, -0.2) is 4.98 Å². The highest BCUT2D eigenvalue weighted by Gasteiger charge is 2.13. The van der Waals surface area contributed by atoms with Crippen LogP contribution in [0.3, 0.4) is 0 Å². The summed E-state index contributed by atoms with van der Waals surface area (Å²) in [5, 5.41) is 4.00. The fourth-order valence-electron chi connectivity index (χ4n) is 2.43. The van der Waals surface area contributed by atoms with Crippen LogP contribution in [-0.4, -0.2) is 26.5 Å². The van der Waals surface area contributed by atoms with Crippen LogP contribution in [0.5, 0.6) is 0 Å². The van der Waals surface area contributed by atoms with Crippen LogP contribution in [0.15, 0.2) is 35.1 Å². The van der Waals surface area contributed by atoms with E-state index in [1.165, 1.54) is 11.3 Å². The molecule has 0 spiro atoms. The Labute approximate surface area is 117 Å². The predicted octanol–water partition coefficient (Wildman–Crippen LogP) is 2.57. The molecular formula is C15H18N4O. The van der Waals surface area contributed by atoms with E-state index >= 15 is 0 Å². The van der Waals surface area contributed by atoms with Gasteiger partial charge in [0.05, 0.1) is 17.6 Å². The lowest BCUT2D eigenvalue weighted by atomic mass is 10.2. The summed E-state index contributed by atoms with van der Waals surface area (Å²) in [7, 11) is 2.09. The van der Waals surface area contributed by atoms with Crippen molar-refractivity contribution >= 4 is 5.65 Å². The number of aryl methyl sites for hydroxylation is 2. The average Bonchev–Trinajstić information content (AvgIpc) is 2.98. The molecule has 0 unspecified atom stereocenters. The minimum atomic E-state index is 0.821.